The SMILES string of the molecule is O=C(NC1CCN(S(=O)(=O)c2cccs2)CC1)c1cc(Cl)ccc1Cl. The fraction of sp³-hybridized carbons (Fsp3) is 0.312. The van der Waals surface area contributed by atoms with Gasteiger partial charge in [-0.2, -0.15) is 4.31 Å². The molecule has 1 amide bonds. The van der Waals surface area contributed by atoms with E-state index in [9.17, 15) is 13.2 Å². The zero-order valence-corrected chi connectivity index (χ0v) is 16.3. The van der Waals surface area contributed by atoms with E-state index in [2.05, 4.69) is 5.32 Å². The highest BCUT2D eigenvalue weighted by molar-refractivity contribution is 7.91. The molecule has 1 saturated heterocycles. The van der Waals surface area contributed by atoms with Gasteiger partial charge in [0.05, 0.1) is 10.6 Å². The Labute approximate surface area is 160 Å². The molecule has 2 heterocycles. The van der Waals surface area contributed by atoms with Crippen molar-refractivity contribution in [3.8, 4) is 0 Å². The molecule has 0 bridgehead atoms. The lowest BCUT2D eigenvalue weighted by Crippen LogP contribution is -2.46. The van der Waals surface area contributed by atoms with E-state index in [1.165, 1.54) is 21.7 Å². The van der Waals surface area contributed by atoms with Gasteiger partial charge < -0.3 is 5.32 Å². The van der Waals surface area contributed by atoms with Crippen molar-refractivity contribution in [1.29, 1.82) is 0 Å². The third kappa shape index (κ3) is 4.17. The Morgan fingerprint density at radius 2 is 1.92 bits per heavy atom. The van der Waals surface area contributed by atoms with Gasteiger partial charge in [-0.05, 0) is 42.5 Å². The van der Waals surface area contributed by atoms with Crippen LogP contribution in [0.1, 0.15) is 23.2 Å². The Bertz CT molecular complexity index is 862. The molecular weight excluding hydrogens is 403 g/mol. The predicted octanol–water partition coefficient (Wildman–Crippen LogP) is 3.64. The molecule has 0 unspecified atom stereocenters. The van der Waals surface area contributed by atoms with Crippen molar-refractivity contribution in [2.24, 2.45) is 0 Å². The summed E-state index contributed by atoms with van der Waals surface area (Å²) in [6, 6.07) is 7.95. The van der Waals surface area contributed by atoms with E-state index in [-0.39, 0.29) is 11.9 Å². The molecule has 0 aliphatic carbocycles. The average Bonchev–Trinajstić information content (AvgIpc) is 3.13. The maximum Gasteiger partial charge on any atom is 0.253 e. The maximum absolute atomic E-state index is 12.5. The molecule has 1 fully saturated rings. The second-order valence-corrected chi connectivity index (χ2v) is 9.66. The highest BCUT2D eigenvalue weighted by Gasteiger charge is 2.30. The minimum Gasteiger partial charge on any atom is -0.349 e. The predicted molar refractivity (Wildman–Crippen MR) is 100 cm³/mol. The number of nitrogens with zero attached hydrogens (tertiary/aromatic N) is 1. The summed E-state index contributed by atoms with van der Waals surface area (Å²) in [6.45, 7) is 0.739. The second-order valence-electron chi connectivity index (χ2n) is 5.71. The van der Waals surface area contributed by atoms with E-state index in [4.69, 9.17) is 23.2 Å². The number of carbonyl (C=O) groups is 1. The lowest BCUT2D eigenvalue weighted by atomic mass is 10.1. The standard InChI is InChI=1S/C16H16Cl2N2O3S2/c17-11-3-4-14(18)13(10-11)16(21)19-12-5-7-20(8-6-12)25(22,23)15-2-1-9-24-15/h1-4,9-10,12H,5-8H2,(H,19,21). The van der Waals surface area contributed by atoms with E-state index in [1.807, 2.05) is 0 Å². The van der Waals surface area contributed by atoms with E-state index >= 15 is 0 Å². The first-order valence-electron chi connectivity index (χ1n) is 7.67. The van der Waals surface area contributed by atoms with Gasteiger partial charge in [0, 0.05) is 24.2 Å². The molecule has 25 heavy (non-hydrogen) atoms. The number of benzene rings is 1. The monoisotopic (exact) mass is 418 g/mol. The first-order valence-corrected chi connectivity index (χ1v) is 10.7. The molecule has 9 heteroatoms. The van der Waals surface area contributed by atoms with Gasteiger partial charge in [0.1, 0.15) is 4.21 Å². The number of hydrogen-bond acceptors (Lipinski definition) is 4. The number of sulfonamides is 1. The fourth-order valence-corrected chi connectivity index (χ4v) is 5.70. The van der Waals surface area contributed by atoms with Crippen molar-refractivity contribution in [2.75, 3.05) is 13.1 Å². The number of rotatable bonds is 4. The van der Waals surface area contributed by atoms with Crippen molar-refractivity contribution in [3.63, 3.8) is 0 Å². The van der Waals surface area contributed by atoms with Crippen LogP contribution in [0.15, 0.2) is 39.9 Å². The third-order valence-corrected chi connectivity index (χ3v) is 7.89. The Hall–Kier alpha value is -1.12. The summed E-state index contributed by atoms with van der Waals surface area (Å²) in [5.41, 5.74) is 0.322. The Balaban J connectivity index is 1.61. The molecule has 5 nitrogen and oxygen atoms in total. The van der Waals surface area contributed by atoms with Gasteiger partial charge in [0.15, 0.2) is 0 Å². The van der Waals surface area contributed by atoms with Gasteiger partial charge >= 0.3 is 0 Å². The van der Waals surface area contributed by atoms with Crippen LogP contribution in [0.3, 0.4) is 0 Å². The summed E-state index contributed by atoms with van der Waals surface area (Å²) in [5, 5.41) is 5.42. The van der Waals surface area contributed by atoms with Crippen LogP contribution >= 0.6 is 34.5 Å². The number of carbonyl (C=O) groups excluding carboxylic acids is 1. The smallest absolute Gasteiger partial charge is 0.253 e. The summed E-state index contributed by atoms with van der Waals surface area (Å²) < 4.78 is 26.8. The summed E-state index contributed by atoms with van der Waals surface area (Å²) >= 11 is 13.2. The van der Waals surface area contributed by atoms with Crippen LogP contribution in [0.25, 0.3) is 0 Å². The van der Waals surface area contributed by atoms with Gasteiger partial charge in [0.2, 0.25) is 0 Å². The lowest BCUT2D eigenvalue weighted by molar-refractivity contribution is 0.0924. The Morgan fingerprint density at radius 3 is 2.56 bits per heavy atom. The number of amides is 1. The van der Waals surface area contributed by atoms with Crippen molar-refractivity contribution >= 4 is 50.5 Å². The highest BCUT2D eigenvalue weighted by Crippen LogP contribution is 2.25. The van der Waals surface area contributed by atoms with E-state index in [0.29, 0.717) is 45.7 Å². The van der Waals surface area contributed by atoms with Crippen LogP contribution in [0.2, 0.25) is 10.0 Å². The molecule has 0 radical (unpaired) electrons. The largest absolute Gasteiger partial charge is 0.349 e. The summed E-state index contributed by atoms with van der Waals surface area (Å²) in [6.07, 6.45) is 1.10. The Morgan fingerprint density at radius 1 is 1.20 bits per heavy atom. The van der Waals surface area contributed by atoms with Crippen LogP contribution in [0.5, 0.6) is 0 Å². The van der Waals surface area contributed by atoms with Gasteiger partial charge in [-0.15, -0.1) is 11.3 Å². The Kier molecular flexibility index (Phi) is 5.70. The lowest BCUT2D eigenvalue weighted by Gasteiger charge is -2.31. The third-order valence-electron chi connectivity index (χ3n) is 4.05. The first-order chi connectivity index (χ1) is 11.9. The minimum atomic E-state index is -3.43. The summed E-state index contributed by atoms with van der Waals surface area (Å²) in [7, 11) is -3.43. The van der Waals surface area contributed by atoms with Crippen LogP contribution in [0, 0.1) is 0 Å². The summed E-state index contributed by atoms with van der Waals surface area (Å²) in [5.74, 6) is -0.299. The molecule has 134 valence electrons. The van der Waals surface area contributed by atoms with E-state index in [1.54, 1.807) is 29.6 Å². The van der Waals surface area contributed by atoms with Crippen LogP contribution in [-0.2, 0) is 10.0 Å². The number of nitrogens with one attached hydrogen (secondary N) is 1. The van der Waals surface area contributed by atoms with E-state index < -0.39 is 10.0 Å². The van der Waals surface area contributed by atoms with Crippen molar-refractivity contribution < 1.29 is 13.2 Å². The van der Waals surface area contributed by atoms with Crippen molar-refractivity contribution in [1.82, 2.24) is 9.62 Å². The number of thiophene rings is 1. The van der Waals surface area contributed by atoms with Gasteiger partial charge in [0.25, 0.3) is 15.9 Å². The molecule has 0 spiro atoms. The first kappa shape index (κ1) is 18.7. The molecule has 2 aromatic rings. The molecular formula is C16H16Cl2N2O3S2. The maximum atomic E-state index is 12.5. The van der Waals surface area contributed by atoms with Crippen molar-refractivity contribution in [2.45, 2.75) is 23.1 Å². The number of piperidine rings is 1. The van der Waals surface area contributed by atoms with Gasteiger partial charge in [-0.1, -0.05) is 29.3 Å². The summed E-state index contributed by atoms with van der Waals surface area (Å²) in [4.78, 5) is 12.4. The van der Waals surface area contributed by atoms with Crippen LogP contribution in [-0.4, -0.2) is 37.8 Å². The number of hydrogen-bond donors (Lipinski definition) is 1. The molecule has 0 atom stereocenters. The van der Waals surface area contributed by atoms with Gasteiger partial charge in [-0.3, -0.25) is 4.79 Å². The van der Waals surface area contributed by atoms with Crippen molar-refractivity contribution in [3.05, 3.63) is 51.3 Å². The average molecular weight is 419 g/mol. The topological polar surface area (TPSA) is 66.5 Å². The zero-order valence-electron chi connectivity index (χ0n) is 13.1. The molecule has 1 N–H and O–H groups in total. The molecule has 1 aromatic carbocycles. The normalized spacial score (nSPS) is 16.7. The van der Waals surface area contributed by atoms with Gasteiger partial charge in [-0.25, -0.2) is 8.42 Å². The van der Waals surface area contributed by atoms with E-state index in [0.717, 1.165) is 0 Å². The minimum absolute atomic E-state index is 0.0997. The molecule has 1 aliphatic heterocycles. The highest BCUT2D eigenvalue weighted by atomic mass is 35.5. The zero-order chi connectivity index (χ0) is 18.0. The molecule has 1 aliphatic rings. The second kappa shape index (κ2) is 7.63. The quantitative estimate of drug-likeness (QED) is 0.823. The van der Waals surface area contributed by atoms with Crippen LogP contribution in [0.4, 0.5) is 0 Å². The molecule has 0 saturated carbocycles. The number of halogens is 2. The molecule has 3 rings (SSSR count). The fourth-order valence-electron chi connectivity index (χ4n) is 2.71. The molecule has 1 aromatic heterocycles. The van der Waals surface area contributed by atoms with Crippen LogP contribution < -0.4 is 5.32 Å².